The Morgan fingerprint density at radius 1 is 1.15 bits per heavy atom. The van der Waals surface area contributed by atoms with Crippen LogP contribution >= 0.6 is 0 Å². The van der Waals surface area contributed by atoms with Gasteiger partial charge in [-0.3, -0.25) is 4.99 Å². The molecule has 0 heterocycles. The van der Waals surface area contributed by atoms with E-state index in [0.717, 1.165) is 11.8 Å². The van der Waals surface area contributed by atoms with Gasteiger partial charge in [0, 0.05) is 11.8 Å². The van der Waals surface area contributed by atoms with Crippen molar-refractivity contribution in [2.45, 2.75) is 64.8 Å². The molecular formula is C19H27N. The second-order valence-corrected chi connectivity index (χ2v) is 6.77. The lowest BCUT2D eigenvalue weighted by Gasteiger charge is -2.36. The summed E-state index contributed by atoms with van der Waals surface area (Å²) >= 11 is 0. The maximum Gasteiger partial charge on any atom is 0.0500 e. The largest absolute Gasteiger partial charge is 0.286 e. The predicted molar refractivity (Wildman–Crippen MR) is 86.6 cm³/mol. The first kappa shape index (κ1) is 13.9. The Kier molecular flexibility index (Phi) is 3.96. The first-order valence-electron chi connectivity index (χ1n) is 8.36. The van der Waals surface area contributed by atoms with Crippen molar-refractivity contribution in [3.8, 4) is 0 Å². The summed E-state index contributed by atoms with van der Waals surface area (Å²) in [5, 5.41) is 0. The van der Waals surface area contributed by atoms with Crippen LogP contribution in [0.3, 0.4) is 0 Å². The average molecular weight is 269 g/mol. The van der Waals surface area contributed by atoms with Crippen molar-refractivity contribution in [1.29, 1.82) is 0 Å². The molecule has 1 saturated carbocycles. The first-order chi connectivity index (χ1) is 9.70. The molecule has 1 aromatic rings. The number of aliphatic imine (C=N–C) groups is 1. The van der Waals surface area contributed by atoms with E-state index in [0.29, 0.717) is 12.0 Å². The molecule has 0 spiro atoms. The Balaban J connectivity index is 1.95. The van der Waals surface area contributed by atoms with Gasteiger partial charge in [-0.15, -0.1) is 0 Å². The summed E-state index contributed by atoms with van der Waals surface area (Å²) in [6, 6.07) is 9.48. The van der Waals surface area contributed by atoms with Crippen LogP contribution in [0.15, 0.2) is 29.3 Å². The van der Waals surface area contributed by atoms with E-state index in [1.54, 1.807) is 5.56 Å². The minimum absolute atomic E-state index is 0.443. The number of fused-ring (bicyclic) bond motifs is 3. The number of hydrogen-bond donors (Lipinski definition) is 0. The molecule has 0 radical (unpaired) electrons. The molecule has 0 bridgehead atoms. The van der Waals surface area contributed by atoms with Crippen molar-refractivity contribution >= 4 is 5.71 Å². The minimum Gasteiger partial charge on any atom is -0.286 e. The van der Waals surface area contributed by atoms with Crippen LogP contribution < -0.4 is 0 Å². The van der Waals surface area contributed by atoms with Crippen LogP contribution in [-0.4, -0.2) is 11.8 Å². The molecule has 4 unspecified atom stereocenters. The summed E-state index contributed by atoms with van der Waals surface area (Å²) < 4.78 is 0. The van der Waals surface area contributed by atoms with Crippen LogP contribution in [0.1, 0.15) is 69.9 Å². The van der Waals surface area contributed by atoms with Gasteiger partial charge >= 0.3 is 0 Å². The highest BCUT2D eigenvalue weighted by atomic mass is 14.8. The second kappa shape index (κ2) is 5.71. The van der Waals surface area contributed by atoms with E-state index in [2.05, 4.69) is 45.0 Å². The van der Waals surface area contributed by atoms with Gasteiger partial charge in [-0.2, -0.15) is 0 Å². The smallest absolute Gasteiger partial charge is 0.0500 e. The highest BCUT2D eigenvalue weighted by Crippen LogP contribution is 2.48. The Morgan fingerprint density at radius 2 is 1.95 bits per heavy atom. The SMILES string of the molecule is CCC(C)C(C)/N=C1/CCC2CCC2c2ccccc21. The highest BCUT2D eigenvalue weighted by Gasteiger charge is 2.36. The molecule has 1 heteroatoms. The summed E-state index contributed by atoms with van der Waals surface area (Å²) in [5.41, 5.74) is 4.41. The van der Waals surface area contributed by atoms with Gasteiger partial charge in [-0.25, -0.2) is 0 Å². The number of hydrogen-bond acceptors (Lipinski definition) is 1. The molecule has 0 aromatic heterocycles. The third-order valence-corrected chi connectivity index (χ3v) is 5.67. The van der Waals surface area contributed by atoms with Crippen molar-refractivity contribution < 1.29 is 0 Å². The van der Waals surface area contributed by atoms with E-state index in [4.69, 9.17) is 4.99 Å². The van der Waals surface area contributed by atoms with Crippen LogP contribution in [0, 0.1) is 11.8 Å². The number of nitrogens with zero attached hydrogens (tertiary/aromatic N) is 1. The van der Waals surface area contributed by atoms with Crippen LogP contribution in [-0.2, 0) is 0 Å². The fourth-order valence-corrected chi connectivity index (χ4v) is 3.71. The zero-order valence-corrected chi connectivity index (χ0v) is 13.1. The van der Waals surface area contributed by atoms with Crippen molar-refractivity contribution in [3.05, 3.63) is 35.4 Å². The van der Waals surface area contributed by atoms with E-state index >= 15 is 0 Å². The summed E-state index contributed by atoms with van der Waals surface area (Å²) in [7, 11) is 0. The molecule has 1 fully saturated rings. The van der Waals surface area contributed by atoms with E-state index < -0.39 is 0 Å². The number of rotatable bonds is 3. The first-order valence-corrected chi connectivity index (χ1v) is 8.36. The molecule has 2 aliphatic rings. The van der Waals surface area contributed by atoms with Gasteiger partial charge < -0.3 is 0 Å². The van der Waals surface area contributed by atoms with Crippen LogP contribution in [0.5, 0.6) is 0 Å². The molecule has 20 heavy (non-hydrogen) atoms. The van der Waals surface area contributed by atoms with Crippen LogP contribution in [0.4, 0.5) is 0 Å². The molecule has 3 rings (SSSR count). The maximum absolute atomic E-state index is 5.12. The normalized spacial score (nSPS) is 29.9. The third kappa shape index (κ3) is 2.43. The molecule has 0 amide bonds. The lowest BCUT2D eigenvalue weighted by molar-refractivity contribution is 0.245. The molecule has 2 aliphatic carbocycles. The van der Waals surface area contributed by atoms with Gasteiger partial charge in [0.15, 0.2) is 0 Å². The van der Waals surface area contributed by atoms with Gasteiger partial charge in [0.2, 0.25) is 0 Å². The fraction of sp³-hybridized carbons (Fsp3) is 0.632. The predicted octanol–water partition coefficient (Wildman–Crippen LogP) is 5.20. The van der Waals surface area contributed by atoms with E-state index in [-0.39, 0.29) is 0 Å². The summed E-state index contributed by atoms with van der Waals surface area (Å²) in [4.78, 5) is 5.12. The van der Waals surface area contributed by atoms with Crippen molar-refractivity contribution in [3.63, 3.8) is 0 Å². The zero-order valence-electron chi connectivity index (χ0n) is 13.1. The standard InChI is InChI=1S/C19H27N/c1-4-13(2)14(3)20-19-12-10-15-9-11-16(15)17-7-5-6-8-18(17)19/h5-8,13-16H,4,9-12H2,1-3H3/b20-19-. The third-order valence-electron chi connectivity index (χ3n) is 5.67. The van der Waals surface area contributed by atoms with E-state index in [9.17, 15) is 0 Å². The van der Waals surface area contributed by atoms with Crippen LogP contribution in [0.25, 0.3) is 0 Å². The topological polar surface area (TPSA) is 12.4 Å². The summed E-state index contributed by atoms with van der Waals surface area (Å²) in [6.07, 6.45) is 6.54. The Labute approximate surface area is 123 Å². The Hall–Kier alpha value is -1.11. The highest BCUT2D eigenvalue weighted by molar-refractivity contribution is 6.02. The van der Waals surface area contributed by atoms with Crippen molar-refractivity contribution in [1.82, 2.24) is 0 Å². The van der Waals surface area contributed by atoms with E-state index in [1.165, 1.54) is 43.4 Å². The molecular weight excluding hydrogens is 242 g/mol. The summed E-state index contributed by atoms with van der Waals surface area (Å²) in [5.74, 6) is 2.41. The maximum atomic E-state index is 5.12. The lowest BCUT2D eigenvalue weighted by Crippen LogP contribution is -2.22. The van der Waals surface area contributed by atoms with Gasteiger partial charge in [0.05, 0.1) is 0 Å². The Bertz CT molecular complexity index is 502. The molecule has 0 aliphatic heterocycles. The average Bonchev–Trinajstić information content (AvgIpc) is 2.53. The lowest BCUT2D eigenvalue weighted by atomic mass is 9.69. The quantitative estimate of drug-likeness (QED) is 0.715. The van der Waals surface area contributed by atoms with Crippen molar-refractivity contribution in [2.75, 3.05) is 0 Å². The van der Waals surface area contributed by atoms with Crippen molar-refractivity contribution in [2.24, 2.45) is 16.8 Å². The van der Waals surface area contributed by atoms with Gasteiger partial charge in [-0.1, -0.05) is 44.5 Å². The molecule has 1 nitrogen and oxygen atoms in total. The number of benzene rings is 1. The van der Waals surface area contributed by atoms with Crippen LogP contribution in [0.2, 0.25) is 0 Å². The summed E-state index contributed by atoms with van der Waals surface area (Å²) in [6.45, 7) is 6.87. The fourth-order valence-electron chi connectivity index (χ4n) is 3.71. The molecule has 108 valence electrons. The minimum atomic E-state index is 0.443. The molecule has 1 aromatic carbocycles. The molecule has 4 atom stereocenters. The zero-order chi connectivity index (χ0) is 14.1. The monoisotopic (exact) mass is 269 g/mol. The second-order valence-electron chi connectivity index (χ2n) is 6.77. The van der Waals surface area contributed by atoms with Gasteiger partial charge in [-0.05, 0) is 61.5 Å². The Morgan fingerprint density at radius 3 is 2.65 bits per heavy atom. The van der Waals surface area contributed by atoms with Gasteiger partial charge in [0.25, 0.3) is 0 Å². The molecule has 0 saturated heterocycles. The van der Waals surface area contributed by atoms with E-state index in [1.807, 2.05) is 0 Å². The molecule has 0 N–H and O–H groups in total. The van der Waals surface area contributed by atoms with Gasteiger partial charge in [0.1, 0.15) is 0 Å².